The molecule has 0 radical (unpaired) electrons. The third-order valence-electron chi connectivity index (χ3n) is 2.57. The molecule has 1 amide bonds. The molecule has 2 rings (SSSR count). The lowest BCUT2D eigenvalue weighted by Crippen LogP contribution is -2.32. The molecule has 0 spiro atoms. The summed E-state index contributed by atoms with van der Waals surface area (Å²) in [7, 11) is -4.02. The van der Waals surface area contributed by atoms with Gasteiger partial charge < -0.3 is 5.32 Å². The Morgan fingerprint density at radius 1 is 1.47 bits per heavy atom. The van der Waals surface area contributed by atoms with Crippen LogP contribution in [0.4, 0.5) is 4.39 Å². The van der Waals surface area contributed by atoms with Crippen molar-refractivity contribution < 1.29 is 17.6 Å². The van der Waals surface area contributed by atoms with Crippen LogP contribution < -0.4 is 10.0 Å². The first-order valence-electron chi connectivity index (χ1n) is 5.88. The van der Waals surface area contributed by atoms with Crippen LogP contribution in [0.5, 0.6) is 0 Å². The average Bonchev–Trinajstić information content (AvgIpc) is 3.13. The highest BCUT2D eigenvalue weighted by Gasteiger charge is 2.24. The first kappa shape index (κ1) is 13.9. The van der Waals surface area contributed by atoms with Crippen LogP contribution in [0.2, 0.25) is 0 Å². The number of carbonyl (C=O) groups is 1. The fraction of sp³-hybridized carbons (Fsp3) is 0.455. The summed E-state index contributed by atoms with van der Waals surface area (Å²) in [4.78, 5) is 14.8. The summed E-state index contributed by atoms with van der Waals surface area (Å²) in [5.41, 5.74) is 0. The molecule has 8 heteroatoms. The van der Waals surface area contributed by atoms with Crippen molar-refractivity contribution in [1.29, 1.82) is 0 Å². The Morgan fingerprint density at radius 2 is 2.21 bits per heavy atom. The van der Waals surface area contributed by atoms with Crippen molar-refractivity contribution >= 4 is 15.9 Å². The van der Waals surface area contributed by atoms with Gasteiger partial charge in [0, 0.05) is 25.2 Å². The standard InChI is InChI=1S/C11H14FN3O3S/c12-9-2-1-6-13-11(9)19(17,18)14-7-5-10(16)15-8-3-4-8/h1-2,6,8,14H,3-5,7H2,(H,15,16). The zero-order chi connectivity index (χ0) is 13.9. The molecule has 2 N–H and O–H groups in total. The van der Waals surface area contributed by atoms with E-state index in [-0.39, 0.29) is 24.9 Å². The Labute approximate surface area is 110 Å². The number of hydrogen-bond donors (Lipinski definition) is 2. The van der Waals surface area contributed by atoms with Crippen molar-refractivity contribution in [2.45, 2.75) is 30.3 Å². The number of halogens is 1. The summed E-state index contributed by atoms with van der Waals surface area (Å²) in [5.74, 6) is -1.14. The molecule has 0 atom stereocenters. The van der Waals surface area contributed by atoms with Gasteiger partial charge in [0.2, 0.25) is 10.9 Å². The van der Waals surface area contributed by atoms with E-state index in [2.05, 4.69) is 15.0 Å². The molecule has 0 bridgehead atoms. The van der Waals surface area contributed by atoms with Gasteiger partial charge in [-0.3, -0.25) is 4.79 Å². The Kier molecular flexibility index (Phi) is 4.11. The highest BCUT2D eigenvalue weighted by molar-refractivity contribution is 7.89. The molecule has 1 heterocycles. The van der Waals surface area contributed by atoms with Gasteiger partial charge in [0.05, 0.1) is 0 Å². The van der Waals surface area contributed by atoms with Crippen LogP contribution in [-0.4, -0.2) is 31.9 Å². The van der Waals surface area contributed by atoms with Crippen LogP contribution in [0, 0.1) is 5.82 Å². The molecule has 0 saturated heterocycles. The SMILES string of the molecule is O=C(CCNS(=O)(=O)c1ncccc1F)NC1CC1. The molecular weight excluding hydrogens is 273 g/mol. The lowest BCUT2D eigenvalue weighted by Gasteiger charge is -2.06. The van der Waals surface area contributed by atoms with Crippen LogP contribution >= 0.6 is 0 Å². The van der Waals surface area contributed by atoms with E-state index in [9.17, 15) is 17.6 Å². The largest absolute Gasteiger partial charge is 0.353 e. The van der Waals surface area contributed by atoms with Crippen molar-refractivity contribution in [2.75, 3.05) is 6.54 Å². The van der Waals surface area contributed by atoms with Gasteiger partial charge in [-0.05, 0) is 25.0 Å². The second-order valence-electron chi connectivity index (χ2n) is 4.28. The minimum absolute atomic E-state index is 0.0180. The van der Waals surface area contributed by atoms with E-state index >= 15 is 0 Å². The maximum Gasteiger partial charge on any atom is 0.261 e. The van der Waals surface area contributed by atoms with Gasteiger partial charge in [-0.1, -0.05) is 0 Å². The first-order chi connectivity index (χ1) is 8.99. The van der Waals surface area contributed by atoms with Crippen molar-refractivity contribution in [1.82, 2.24) is 15.0 Å². The van der Waals surface area contributed by atoms with E-state index in [1.807, 2.05) is 0 Å². The summed E-state index contributed by atoms with van der Waals surface area (Å²) in [6.45, 7) is -0.0864. The van der Waals surface area contributed by atoms with Crippen LogP contribution in [0.15, 0.2) is 23.4 Å². The van der Waals surface area contributed by atoms with Crippen LogP contribution in [0.3, 0.4) is 0 Å². The second kappa shape index (κ2) is 5.62. The normalized spacial score (nSPS) is 15.2. The molecule has 1 aliphatic carbocycles. The van der Waals surface area contributed by atoms with Gasteiger partial charge in [-0.15, -0.1) is 0 Å². The van der Waals surface area contributed by atoms with Crippen molar-refractivity contribution in [2.24, 2.45) is 0 Å². The Balaban J connectivity index is 1.87. The van der Waals surface area contributed by atoms with Crippen LogP contribution in [0.25, 0.3) is 0 Å². The lowest BCUT2D eigenvalue weighted by atomic mass is 10.4. The summed E-state index contributed by atoms with van der Waals surface area (Å²) in [6, 6.07) is 2.55. The molecule has 1 fully saturated rings. The van der Waals surface area contributed by atoms with Gasteiger partial charge in [-0.2, -0.15) is 0 Å². The lowest BCUT2D eigenvalue weighted by molar-refractivity contribution is -0.121. The number of sulfonamides is 1. The van der Waals surface area contributed by atoms with E-state index in [1.54, 1.807) is 0 Å². The third kappa shape index (κ3) is 3.97. The highest BCUT2D eigenvalue weighted by Crippen LogP contribution is 2.18. The summed E-state index contributed by atoms with van der Waals surface area (Å²) >= 11 is 0. The first-order valence-corrected chi connectivity index (χ1v) is 7.37. The molecule has 1 saturated carbocycles. The molecule has 1 aromatic rings. The van der Waals surface area contributed by atoms with Gasteiger partial charge in [0.15, 0.2) is 5.82 Å². The molecule has 0 unspecified atom stereocenters. The summed E-state index contributed by atoms with van der Waals surface area (Å²) in [6.07, 6.45) is 3.15. The van der Waals surface area contributed by atoms with Gasteiger partial charge in [0.1, 0.15) is 0 Å². The van der Waals surface area contributed by atoms with E-state index < -0.39 is 20.9 Å². The Bertz CT molecular complexity index is 572. The topological polar surface area (TPSA) is 88.2 Å². The van der Waals surface area contributed by atoms with E-state index in [1.165, 1.54) is 12.3 Å². The number of carbonyl (C=O) groups excluding carboxylic acids is 1. The number of aromatic nitrogens is 1. The minimum Gasteiger partial charge on any atom is -0.353 e. The predicted octanol–water partition coefficient (Wildman–Crippen LogP) is 0.168. The Morgan fingerprint density at radius 3 is 2.84 bits per heavy atom. The van der Waals surface area contributed by atoms with E-state index in [4.69, 9.17) is 0 Å². The maximum absolute atomic E-state index is 13.3. The fourth-order valence-corrected chi connectivity index (χ4v) is 2.50. The van der Waals surface area contributed by atoms with Crippen molar-refractivity contribution in [3.8, 4) is 0 Å². The number of amides is 1. The average molecular weight is 287 g/mol. The van der Waals surface area contributed by atoms with Gasteiger partial charge in [0.25, 0.3) is 10.0 Å². The van der Waals surface area contributed by atoms with Gasteiger partial charge in [-0.25, -0.2) is 22.5 Å². The second-order valence-corrected chi connectivity index (χ2v) is 5.96. The monoisotopic (exact) mass is 287 g/mol. The summed E-state index contributed by atoms with van der Waals surface area (Å²) in [5, 5.41) is 2.07. The maximum atomic E-state index is 13.3. The Hall–Kier alpha value is -1.54. The molecule has 1 aromatic heterocycles. The molecule has 19 heavy (non-hydrogen) atoms. The van der Waals surface area contributed by atoms with Crippen molar-refractivity contribution in [3.05, 3.63) is 24.1 Å². The zero-order valence-electron chi connectivity index (χ0n) is 10.1. The smallest absolute Gasteiger partial charge is 0.261 e. The van der Waals surface area contributed by atoms with E-state index in [0.29, 0.717) is 0 Å². The predicted molar refractivity (Wildman–Crippen MR) is 65.2 cm³/mol. The third-order valence-corrected chi connectivity index (χ3v) is 3.96. The quantitative estimate of drug-likeness (QED) is 0.780. The van der Waals surface area contributed by atoms with Crippen LogP contribution in [-0.2, 0) is 14.8 Å². The molecule has 6 nitrogen and oxygen atoms in total. The fourth-order valence-electron chi connectivity index (χ4n) is 1.46. The number of rotatable bonds is 6. The molecule has 0 aliphatic heterocycles. The molecule has 1 aliphatic rings. The van der Waals surface area contributed by atoms with Gasteiger partial charge >= 0.3 is 0 Å². The van der Waals surface area contributed by atoms with Crippen LogP contribution in [0.1, 0.15) is 19.3 Å². The number of nitrogens with zero attached hydrogens (tertiary/aromatic N) is 1. The number of nitrogens with one attached hydrogen (secondary N) is 2. The van der Waals surface area contributed by atoms with Crippen molar-refractivity contribution in [3.63, 3.8) is 0 Å². The molecule has 104 valence electrons. The highest BCUT2D eigenvalue weighted by atomic mass is 32.2. The number of hydrogen-bond acceptors (Lipinski definition) is 4. The van der Waals surface area contributed by atoms with E-state index in [0.717, 1.165) is 18.9 Å². The number of pyridine rings is 1. The molecule has 0 aromatic carbocycles. The summed E-state index contributed by atoms with van der Waals surface area (Å²) < 4.78 is 38.9. The minimum atomic E-state index is -4.02. The zero-order valence-corrected chi connectivity index (χ0v) is 10.9. The molecular formula is C11H14FN3O3S.